The maximum atomic E-state index is 6.17. The van der Waals surface area contributed by atoms with Gasteiger partial charge in [0.25, 0.3) is 0 Å². The molecule has 6 heteroatoms. The number of H-pyrrole nitrogens is 1. The van der Waals surface area contributed by atoms with E-state index in [2.05, 4.69) is 27.1 Å². The summed E-state index contributed by atoms with van der Waals surface area (Å²) in [4.78, 5) is 2.29. The minimum atomic E-state index is 0.743. The van der Waals surface area contributed by atoms with E-state index in [0.717, 1.165) is 42.6 Å². The average molecular weight is 268 g/mol. The molecule has 2 heterocycles. The van der Waals surface area contributed by atoms with E-state index in [1.165, 1.54) is 0 Å². The number of aromatic amines is 1. The molecule has 0 aromatic carbocycles. The number of nitrogens with zero attached hydrogens (tertiary/aromatic N) is 4. The fraction of sp³-hybridized carbons (Fsp3) is 0.500. The van der Waals surface area contributed by atoms with Gasteiger partial charge in [0.1, 0.15) is 0 Å². The molecule has 0 bridgehead atoms. The summed E-state index contributed by atoms with van der Waals surface area (Å²) in [6.07, 6.45) is 3.77. The smallest absolute Gasteiger partial charge is 0.0951 e. The Balaban J connectivity index is 1.91. The zero-order valence-corrected chi connectivity index (χ0v) is 11.5. The first-order chi connectivity index (χ1) is 8.70. The van der Waals surface area contributed by atoms with Crippen LogP contribution >= 0.6 is 11.6 Å². The lowest BCUT2D eigenvalue weighted by Gasteiger charge is -2.19. The Labute approximate surface area is 112 Å². The molecule has 0 aliphatic heterocycles. The van der Waals surface area contributed by atoms with Gasteiger partial charge in [0.15, 0.2) is 0 Å². The molecule has 0 saturated heterocycles. The fourth-order valence-corrected chi connectivity index (χ4v) is 1.95. The van der Waals surface area contributed by atoms with E-state index in [4.69, 9.17) is 11.6 Å². The third-order valence-corrected chi connectivity index (χ3v) is 3.47. The second-order valence-electron chi connectivity index (χ2n) is 4.25. The van der Waals surface area contributed by atoms with Crippen LogP contribution in [0.5, 0.6) is 0 Å². The highest BCUT2D eigenvalue weighted by molar-refractivity contribution is 6.31. The molecule has 5 nitrogen and oxygen atoms in total. The number of aryl methyl sites for hydroxylation is 1. The van der Waals surface area contributed by atoms with E-state index in [1.54, 1.807) is 6.20 Å². The molecule has 0 saturated carbocycles. The van der Waals surface area contributed by atoms with Crippen LogP contribution in [0.2, 0.25) is 5.02 Å². The van der Waals surface area contributed by atoms with Crippen molar-refractivity contribution in [3.8, 4) is 0 Å². The molecule has 0 aliphatic rings. The third kappa shape index (κ3) is 3.11. The lowest BCUT2D eigenvalue weighted by molar-refractivity contribution is 0.260. The lowest BCUT2D eigenvalue weighted by atomic mass is 10.3. The summed E-state index contributed by atoms with van der Waals surface area (Å²) in [5.74, 6) is 0. The van der Waals surface area contributed by atoms with Crippen molar-refractivity contribution in [3.63, 3.8) is 0 Å². The van der Waals surface area contributed by atoms with Crippen molar-refractivity contribution < 1.29 is 0 Å². The Hall–Kier alpha value is -1.33. The highest BCUT2D eigenvalue weighted by atomic mass is 35.5. The molecule has 0 unspecified atom stereocenters. The highest BCUT2D eigenvalue weighted by Crippen LogP contribution is 2.18. The Morgan fingerprint density at radius 2 is 2.33 bits per heavy atom. The molecule has 0 radical (unpaired) electrons. The summed E-state index contributed by atoms with van der Waals surface area (Å²) in [5.41, 5.74) is 1.84. The van der Waals surface area contributed by atoms with Gasteiger partial charge in [-0.1, -0.05) is 18.5 Å². The average Bonchev–Trinajstić information content (AvgIpc) is 2.99. The molecule has 2 rings (SSSR count). The van der Waals surface area contributed by atoms with Gasteiger partial charge in [-0.3, -0.25) is 14.7 Å². The summed E-state index contributed by atoms with van der Waals surface area (Å²) < 4.78 is 1.93. The number of aromatic nitrogens is 4. The SMILES string of the molecule is CCN(CCn1cccn1)Cc1n[nH]c(C)c1Cl. The number of rotatable bonds is 6. The maximum absolute atomic E-state index is 6.17. The van der Waals surface area contributed by atoms with Gasteiger partial charge >= 0.3 is 0 Å². The normalized spacial score (nSPS) is 11.3. The maximum Gasteiger partial charge on any atom is 0.0951 e. The van der Waals surface area contributed by atoms with Gasteiger partial charge in [0, 0.05) is 25.5 Å². The van der Waals surface area contributed by atoms with E-state index >= 15 is 0 Å². The molecule has 0 atom stereocenters. The molecule has 2 aromatic rings. The Bertz CT molecular complexity index is 477. The molecule has 98 valence electrons. The van der Waals surface area contributed by atoms with Crippen molar-refractivity contribution in [1.82, 2.24) is 24.9 Å². The molecule has 18 heavy (non-hydrogen) atoms. The molecule has 0 aliphatic carbocycles. The van der Waals surface area contributed by atoms with Crippen LogP contribution in [0.3, 0.4) is 0 Å². The van der Waals surface area contributed by atoms with Crippen LogP contribution in [-0.4, -0.2) is 38.0 Å². The topological polar surface area (TPSA) is 49.7 Å². The molecule has 2 aromatic heterocycles. The van der Waals surface area contributed by atoms with E-state index in [1.807, 2.05) is 23.9 Å². The Kier molecular flexibility index (Phi) is 4.38. The number of hydrogen-bond acceptors (Lipinski definition) is 3. The summed E-state index contributed by atoms with van der Waals surface area (Å²) in [5, 5.41) is 12.1. The zero-order valence-electron chi connectivity index (χ0n) is 10.7. The molecular formula is C12H18ClN5. The van der Waals surface area contributed by atoms with Gasteiger partial charge < -0.3 is 0 Å². The summed E-state index contributed by atoms with van der Waals surface area (Å²) >= 11 is 6.17. The monoisotopic (exact) mass is 267 g/mol. The van der Waals surface area contributed by atoms with Crippen molar-refractivity contribution >= 4 is 11.6 Å². The Morgan fingerprint density at radius 3 is 2.89 bits per heavy atom. The predicted molar refractivity (Wildman–Crippen MR) is 71.5 cm³/mol. The van der Waals surface area contributed by atoms with Crippen molar-refractivity contribution in [3.05, 3.63) is 34.9 Å². The van der Waals surface area contributed by atoms with Crippen molar-refractivity contribution in [1.29, 1.82) is 0 Å². The van der Waals surface area contributed by atoms with Gasteiger partial charge in [-0.25, -0.2) is 0 Å². The second-order valence-corrected chi connectivity index (χ2v) is 4.63. The second kappa shape index (κ2) is 6.02. The number of hydrogen-bond donors (Lipinski definition) is 1. The van der Waals surface area contributed by atoms with Gasteiger partial charge in [-0.05, 0) is 19.5 Å². The first kappa shape index (κ1) is 13.1. The lowest BCUT2D eigenvalue weighted by Crippen LogP contribution is -2.27. The fourth-order valence-electron chi connectivity index (χ4n) is 1.81. The number of likely N-dealkylation sites (N-methyl/N-ethyl adjacent to an activating group) is 1. The Morgan fingerprint density at radius 1 is 1.50 bits per heavy atom. The van der Waals surface area contributed by atoms with Crippen molar-refractivity contribution in [2.45, 2.75) is 26.9 Å². The van der Waals surface area contributed by atoms with Crippen LogP contribution in [0.25, 0.3) is 0 Å². The van der Waals surface area contributed by atoms with Crippen LogP contribution in [0.15, 0.2) is 18.5 Å². The molecule has 0 amide bonds. The summed E-state index contributed by atoms with van der Waals surface area (Å²) in [7, 11) is 0. The molecule has 1 N–H and O–H groups in total. The third-order valence-electron chi connectivity index (χ3n) is 2.97. The van der Waals surface area contributed by atoms with Gasteiger partial charge in [-0.2, -0.15) is 10.2 Å². The van der Waals surface area contributed by atoms with Gasteiger partial charge in [0.2, 0.25) is 0 Å². The van der Waals surface area contributed by atoms with E-state index in [-0.39, 0.29) is 0 Å². The number of nitrogens with one attached hydrogen (secondary N) is 1. The minimum absolute atomic E-state index is 0.743. The molecule has 0 fully saturated rings. The van der Waals surface area contributed by atoms with Crippen LogP contribution in [0, 0.1) is 6.92 Å². The first-order valence-corrected chi connectivity index (χ1v) is 6.47. The van der Waals surface area contributed by atoms with E-state index in [0.29, 0.717) is 0 Å². The van der Waals surface area contributed by atoms with Gasteiger partial charge in [-0.15, -0.1) is 0 Å². The van der Waals surface area contributed by atoms with Crippen LogP contribution in [-0.2, 0) is 13.1 Å². The standard InChI is InChI=1S/C12H18ClN5/c1-3-17(7-8-18-6-4-5-14-18)9-11-12(13)10(2)15-16-11/h4-6H,3,7-9H2,1-2H3,(H,15,16). The van der Waals surface area contributed by atoms with E-state index < -0.39 is 0 Å². The van der Waals surface area contributed by atoms with Crippen molar-refractivity contribution in [2.75, 3.05) is 13.1 Å². The largest absolute Gasteiger partial charge is 0.296 e. The minimum Gasteiger partial charge on any atom is -0.296 e. The van der Waals surface area contributed by atoms with Crippen molar-refractivity contribution in [2.24, 2.45) is 0 Å². The highest BCUT2D eigenvalue weighted by Gasteiger charge is 2.11. The molecule has 0 spiro atoms. The quantitative estimate of drug-likeness (QED) is 0.872. The van der Waals surface area contributed by atoms with Crippen LogP contribution < -0.4 is 0 Å². The first-order valence-electron chi connectivity index (χ1n) is 6.09. The van der Waals surface area contributed by atoms with Crippen LogP contribution in [0.1, 0.15) is 18.3 Å². The molecular weight excluding hydrogens is 250 g/mol. The van der Waals surface area contributed by atoms with E-state index in [9.17, 15) is 0 Å². The van der Waals surface area contributed by atoms with Gasteiger partial charge in [0.05, 0.1) is 23.0 Å². The summed E-state index contributed by atoms with van der Waals surface area (Å²) in [6, 6.07) is 1.93. The zero-order chi connectivity index (χ0) is 13.0. The number of halogens is 1. The van der Waals surface area contributed by atoms with Crippen LogP contribution in [0.4, 0.5) is 0 Å². The predicted octanol–water partition coefficient (Wildman–Crippen LogP) is 2.09. The summed E-state index contributed by atoms with van der Waals surface area (Å²) in [6.45, 7) is 7.60.